The Hall–Kier alpha value is -1.52. The fourth-order valence-corrected chi connectivity index (χ4v) is 1.93. The van der Waals surface area contributed by atoms with Crippen molar-refractivity contribution in [1.29, 1.82) is 0 Å². The van der Waals surface area contributed by atoms with Crippen LogP contribution in [-0.4, -0.2) is 24.5 Å². The fraction of sp³-hybridized carbons (Fsp3) is 0.286. The summed E-state index contributed by atoms with van der Waals surface area (Å²) in [6.07, 6.45) is 2.83. The third kappa shape index (κ3) is 4.54. The molecule has 1 N–H and O–H groups in total. The summed E-state index contributed by atoms with van der Waals surface area (Å²) in [6, 6.07) is 4.95. The van der Waals surface area contributed by atoms with E-state index in [1.165, 1.54) is 13.2 Å². The molecular weight excluding hydrogens is 301 g/mol. The van der Waals surface area contributed by atoms with E-state index in [0.29, 0.717) is 15.6 Å². The van der Waals surface area contributed by atoms with Crippen molar-refractivity contribution in [1.82, 2.24) is 5.32 Å². The molecule has 0 aromatic heterocycles. The van der Waals surface area contributed by atoms with Gasteiger partial charge in [0, 0.05) is 16.1 Å². The number of rotatable bonds is 4. The molecule has 0 aliphatic rings. The molecule has 0 aliphatic heterocycles. The highest BCUT2D eigenvalue weighted by molar-refractivity contribution is 6.35. The summed E-state index contributed by atoms with van der Waals surface area (Å²) < 4.78 is 4.60. The molecule has 0 radical (unpaired) electrons. The quantitative estimate of drug-likeness (QED) is 0.686. The van der Waals surface area contributed by atoms with Gasteiger partial charge in [0.25, 0.3) is 0 Å². The van der Waals surface area contributed by atoms with Gasteiger partial charge in [0.2, 0.25) is 5.91 Å². The van der Waals surface area contributed by atoms with E-state index in [-0.39, 0.29) is 0 Å². The number of ether oxygens (including phenoxy) is 1. The summed E-state index contributed by atoms with van der Waals surface area (Å²) in [5.74, 6) is -0.949. The molecule has 1 aromatic rings. The van der Waals surface area contributed by atoms with E-state index in [1.807, 2.05) is 0 Å². The molecule has 0 unspecified atom stereocenters. The Bertz CT molecular complexity index is 553. The average Bonchev–Trinajstić information content (AvgIpc) is 2.36. The zero-order valence-corrected chi connectivity index (χ0v) is 12.9. The molecule has 108 valence electrons. The number of benzene rings is 1. The normalized spacial score (nSPS) is 11.4. The molecule has 0 saturated carbocycles. The van der Waals surface area contributed by atoms with Crippen molar-refractivity contribution in [2.24, 2.45) is 0 Å². The van der Waals surface area contributed by atoms with Crippen LogP contribution in [0.5, 0.6) is 0 Å². The molecule has 1 rings (SSSR count). The highest BCUT2D eigenvalue weighted by atomic mass is 35.5. The number of methoxy groups -OCH3 is 1. The SMILES string of the molecule is COC(=O)C(C)(C)NC(=O)/C=C/c1ccc(Cl)cc1Cl. The second-order valence-electron chi connectivity index (χ2n) is 4.61. The van der Waals surface area contributed by atoms with Crippen LogP contribution in [0.25, 0.3) is 6.08 Å². The number of hydrogen-bond donors (Lipinski definition) is 1. The van der Waals surface area contributed by atoms with Gasteiger partial charge in [-0.15, -0.1) is 0 Å². The van der Waals surface area contributed by atoms with Crippen molar-refractivity contribution >= 4 is 41.2 Å². The summed E-state index contributed by atoms with van der Waals surface area (Å²) in [4.78, 5) is 23.2. The van der Waals surface area contributed by atoms with Crippen LogP contribution in [0.2, 0.25) is 10.0 Å². The van der Waals surface area contributed by atoms with Gasteiger partial charge in [-0.2, -0.15) is 0 Å². The molecule has 0 aliphatic carbocycles. The third-order valence-electron chi connectivity index (χ3n) is 2.51. The molecule has 20 heavy (non-hydrogen) atoms. The maximum Gasteiger partial charge on any atom is 0.330 e. The maximum atomic E-state index is 11.8. The first kappa shape index (κ1) is 16.5. The number of esters is 1. The van der Waals surface area contributed by atoms with E-state index in [0.717, 1.165) is 0 Å². The van der Waals surface area contributed by atoms with E-state index in [4.69, 9.17) is 23.2 Å². The summed E-state index contributed by atoms with van der Waals surface area (Å²) in [5.41, 5.74) is -0.443. The van der Waals surface area contributed by atoms with Gasteiger partial charge in [-0.25, -0.2) is 4.79 Å². The second kappa shape index (κ2) is 6.77. The average molecular weight is 316 g/mol. The second-order valence-corrected chi connectivity index (χ2v) is 5.45. The van der Waals surface area contributed by atoms with Gasteiger partial charge < -0.3 is 10.1 Å². The van der Waals surface area contributed by atoms with Crippen LogP contribution in [0.3, 0.4) is 0 Å². The third-order valence-corrected chi connectivity index (χ3v) is 3.07. The molecule has 0 heterocycles. The van der Waals surface area contributed by atoms with E-state index in [1.54, 1.807) is 38.1 Å². The standard InChI is InChI=1S/C14H15Cl2NO3/c1-14(2,13(19)20-3)17-12(18)7-5-9-4-6-10(15)8-11(9)16/h4-8H,1-3H3,(H,17,18)/b7-5+. The zero-order chi connectivity index (χ0) is 15.3. The van der Waals surface area contributed by atoms with E-state index >= 15 is 0 Å². The van der Waals surface area contributed by atoms with Gasteiger partial charge in [0.1, 0.15) is 5.54 Å². The first-order valence-corrected chi connectivity index (χ1v) is 6.55. The van der Waals surface area contributed by atoms with Crippen molar-refractivity contribution in [2.45, 2.75) is 19.4 Å². The molecule has 0 atom stereocenters. The van der Waals surface area contributed by atoms with Gasteiger partial charge >= 0.3 is 5.97 Å². The molecule has 1 amide bonds. The first-order chi connectivity index (χ1) is 9.26. The Morgan fingerprint density at radius 3 is 2.50 bits per heavy atom. The minimum absolute atomic E-state index is 0.425. The largest absolute Gasteiger partial charge is 0.467 e. The molecule has 0 spiro atoms. The van der Waals surface area contributed by atoms with Crippen molar-refractivity contribution in [2.75, 3.05) is 7.11 Å². The number of amides is 1. The Kier molecular flexibility index (Phi) is 5.60. The van der Waals surface area contributed by atoms with Crippen molar-refractivity contribution in [3.8, 4) is 0 Å². The van der Waals surface area contributed by atoms with Gasteiger partial charge in [0.05, 0.1) is 7.11 Å². The lowest BCUT2D eigenvalue weighted by molar-refractivity contribution is -0.148. The lowest BCUT2D eigenvalue weighted by Gasteiger charge is -2.22. The summed E-state index contributed by atoms with van der Waals surface area (Å²) in [6.45, 7) is 3.11. The first-order valence-electron chi connectivity index (χ1n) is 5.80. The number of halogens is 2. The van der Waals surface area contributed by atoms with Gasteiger partial charge in [-0.3, -0.25) is 4.79 Å². The summed E-state index contributed by atoms with van der Waals surface area (Å²) >= 11 is 11.8. The predicted molar refractivity (Wildman–Crippen MR) is 79.7 cm³/mol. The van der Waals surface area contributed by atoms with Crippen molar-refractivity contribution < 1.29 is 14.3 Å². The zero-order valence-electron chi connectivity index (χ0n) is 11.4. The lowest BCUT2D eigenvalue weighted by atomic mass is 10.1. The molecule has 6 heteroatoms. The van der Waals surface area contributed by atoms with Crippen LogP contribution < -0.4 is 5.32 Å². The smallest absolute Gasteiger partial charge is 0.330 e. The van der Waals surface area contributed by atoms with Crippen molar-refractivity contribution in [3.63, 3.8) is 0 Å². The van der Waals surface area contributed by atoms with Gasteiger partial charge in [-0.05, 0) is 37.6 Å². The molecule has 0 fully saturated rings. The Labute approximate surface area is 127 Å². The summed E-state index contributed by atoms with van der Waals surface area (Å²) in [7, 11) is 1.26. The van der Waals surface area contributed by atoms with Crippen LogP contribution in [0.1, 0.15) is 19.4 Å². The van der Waals surface area contributed by atoms with Crippen LogP contribution in [0.15, 0.2) is 24.3 Å². The molecule has 0 bridgehead atoms. The van der Waals surface area contributed by atoms with Crippen LogP contribution in [0, 0.1) is 0 Å². The fourth-order valence-electron chi connectivity index (χ4n) is 1.46. The number of carbonyl (C=O) groups excluding carboxylic acids is 2. The minimum Gasteiger partial charge on any atom is -0.467 e. The van der Waals surface area contributed by atoms with Crippen LogP contribution >= 0.6 is 23.2 Å². The minimum atomic E-state index is -1.10. The molecular formula is C14H15Cl2NO3. The molecule has 4 nitrogen and oxygen atoms in total. The summed E-state index contributed by atoms with van der Waals surface area (Å²) in [5, 5.41) is 3.49. The van der Waals surface area contributed by atoms with E-state index in [2.05, 4.69) is 10.1 Å². The number of carbonyl (C=O) groups is 2. The van der Waals surface area contributed by atoms with E-state index < -0.39 is 17.4 Å². The predicted octanol–water partition coefficient (Wildman–Crippen LogP) is 3.07. The van der Waals surface area contributed by atoms with Crippen LogP contribution in [-0.2, 0) is 14.3 Å². The topological polar surface area (TPSA) is 55.4 Å². The number of hydrogen-bond acceptors (Lipinski definition) is 3. The van der Waals surface area contributed by atoms with Crippen molar-refractivity contribution in [3.05, 3.63) is 39.9 Å². The molecule has 1 aromatic carbocycles. The Morgan fingerprint density at radius 2 is 1.95 bits per heavy atom. The lowest BCUT2D eigenvalue weighted by Crippen LogP contribution is -2.49. The van der Waals surface area contributed by atoms with Gasteiger partial charge in [0.15, 0.2) is 0 Å². The van der Waals surface area contributed by atoms with Gasteiger partial charge in [-0.1, -0.05) is 29.3 Å². The Balaban J connectivity index is 2.76. The monoisotopic (exact) mass is 315 g/mol. The highest BCUT2D eigenvalue weighted by Gasteiger charge is 2.29. The van der Waals surface area contributed by atoms with Crippen LogP contribution in [0.4, 0.5) is 0 Å². The van der Waals surface area contributed by atoms with E-state index in [9.17, 15) is 9.59 Å². The maximum absolute atomic E-state index is 11.8. The molecule has 0 saturated heterocycles. The number of nitrogens with one attached hydrogen (secondary N) is 1. The Morgan fingerprint density at radius 1 is 1.30 bits per heavy atom. The highest BCUT2D eigenvalue weighted by Crippen LogP contribution is 2.21.